The maximum Gasteiger partial charge on any atom is 0.262 e. The highest BCUT2D eigenvalue weighted by Gasteiger charge is 2.31. The van der Waals surface area contributed by atoms with Crippen molar-refractivity contribution in [1.29, 1.82) is 0 Å². The minimum absolute atomic E-state index is 0.0270. The summed E-state index contributed by atoms with van der Waals surface area (Å²) in [7, 11) is -0.112. The van der Waals surface area contributed by atoms with E-state index in [1.165, 1.54) is 28.1 Å². The van der Waals surface area contributed by atoms with E-state index in [4.69, 9.17) is 4.42 Å². The first-order valence-corrected chi connectivity index (χ1v) is 9.93. The Kier molecular flexibility index (Phi) is 4.20. The SMILES string of the molecule is Cn1cnc(S(=O)(=O)N(Cc2ccco2)Cc2nn(C)c3c2CCC3)c1. The summed E-state index contributed by atoms with van der Waals surface area (Å²) >= 11 is 0. The Balaban J connectivity index is 1.70. The van der Waals surface area contributed by atoms with Crippen LogP contribution in [-0.4, -0.2) is 32.1 Å². The van der Waals surface area contributed by atoms with Crippen LogP contribution in [0, 0.1) is 0 Å². The van der Waals surface area contributed by atoms with Gasteiger partial charge in [-0.05, 0) is 37.0 Å². The van der Waals surface area contributed by atoms with E-state index in [1.54, 1.807) is 30.0 Å². The van der Waals surface area contributed by atoms with Crippen molar-refractivity contribution in [3.8, 4) is 0 Å². The van der Waals surface area contributed by atoms with Crippen molar-refractivity contribution in [2.24, 2.45) is 14.1 Å². The minimum Gasteiger partial charge on any atom is -0.468 e. The molecule has 3 heterocycles. The Morgan fingerprint density at radius 3 is 2.81 bits per heavy atom. The molecule has 0 aromatic carbocycles. The van der Waals surface area contributed by atoms with Gasteiger partial charge in [-0.3, -0.25) is 4.68 Å². The van der Waals surface area contributed by atoms with Crippen molar-refractivity contribution in [1.82, 2.24) is 23.6 Å². The quantitative estimate of drug-likeness (QED) is 0.654. The van der Waals surface area contributed by atoms with Crippen molar-refractivity contribution in [2.45, 2.75) is 37.4 Å². The summed E-state index contributed by atoms with van der Waals surface area (Å²) in [6, 6.07) is 3.52. The van der Waals surface area contributed by atoms with Gasteiger partial charge in [0.15, 0.2) is 5.03 Å². The van der Waals surface area contributed by atoms with E-state index in [0.29, 0.717) is 5.76 Å². The van der Waals surface area contributed by atoms with Crippen LogP contribution in [0.15, 0.2) is 40.4 Å². The van der Waals surface area contributed by atoms with Crippen molar-refractivity contribution >= 4 is 10.0 Å². The minimum atomic E-state index is -3.77. The third-order valence-electron chi connectivity index (χ3n) is 4.72. The molecule has 0 spiro atoms. The van der Waals surface area contributed by atoms with E-state index in [2.05, 4.69) is 10.1 Å². The van der Waals surface area contributed by atoms with Crippen LogP contribution in [0.1, 0.15) is 29.1 Å². The molecule has 3 aromatic heterocycles. The standard InChI is InChI=1S/C17H21N5O3S/c1-20-11-17(18-12-20)26(23,24)22(9-13-5-4-8-25-13)10-15-14-6-3-7-16(14)21(2)19-15/h4-5,8,11-12H,3,6-7,9-10H2,1-2H3. The maximum absolute atomic E-state index is 13.2. The lowest BCUT2D eigenvalue weighted by atomic mass is 10.2. The lowest BCUT2D eigenvalue weighted by Gasteiger charge is -2.19. The van der Waals surface area contributed by atoms with Gasteiger partial charge in [-0.15, -0.1) is 0 Å². The van der Waals surface area contributed by atoms with Crippen LogP contribution in [0.25, 0.3) is 0 Å². The first-order valence-electron chi connectivity index (χ1n) is 8.49. The van der Waals surface area contributed by atoms with Gasteiger partial charge in [-0.1, -0.05) is 0 Å². The molecule has 8 nitrogen and oxygen atoms in total. The van der Waals surface area contributed by atoms with Gasteiger partial charge in [0, 0.05) is 26.0 Å². The van der Waals surface area contributed by atoms with E-state index in [-0.39, 0.29) is 18.1 Å². The number of fused-ring (bicyclic) bond motifs is 1. The number of sulfonamides is 1. The van der Waals surface area contributed by atoms with Crippen molar-refractivity contribution < 1.29 is 12.8 Å². The predicted molar refractivity (Wildman–Crippen MR) is 93.6 cm³/mol. The van der Waals surface area contributed by atoms with E-state index >= 15 is 0 Å². The molecule has 0 saturated carbocycles. The van der Waals surface area contributed by atoms with Gasteiger partial charge in [0.2, 0.25) is 0 Å². The normalized spacial score (nSPS) is 14.3. The van der Waals surface area contributed by atoms with Crippen molar-refractivity contribution in [3.05, 3.63) is 53.6 Å². The molecule has 0 atom stereocenters. The van der Waals surface area contributed by atoms with E-state index in [1.807, 2.05) is 11.7 Å². The number of furan rings is 1. The Morgan fingerprint density at radius 2 is 2.12 bits per heavy atom. The van der Waals surface area contributed by atoms with E-state index in [0.717, 1.165) is 25.0 Å². The van der Waals surface area contributed by atoms with Gasteiger partial charge < -0.3 is 8.98 Å². The highest BCUT2D eigenvalue weighted by Crippen LogP contribution is 2.27. The largest absolute Gasteiger partial charge is 0.468 e. The van der Waals surface area contributed by atoms with E-state index in [9.17, 15) is 8.42 Å². The van der Waals surface area contributed by atoms with Crippen LogP contribution < -0.4 is 0 Å². The lowest BCUT2D eigenvalue weighted by Crippen LogP contribution is -2.31. The summed E-state index contributed by atoms with van der Waals surface area (Å²) in [5.74, 6) is 0.581. The Hall–Kier alpha value is -2.39. The zero-order valence-corrected chi connectivity index (χ0v) is 15.6. The lowest BCUT2D eigenvalue weighted by molar-refractivity contribution is 0.352. The van der Waals surface area contributed by atoms with Crippen LogP contribution in [0.4, 0.5) is 0 Å². The van der Waals surface area contributed by atoms with Gasteiger partial charge in [0.1, 0.15) is 5.76 Å². The summed E-state index contributed by atoms with van der Waals surface area (Å²) in [6.45, 7) is 0.333. The fourth-order valence-corrected chi connectivity index (χ4v) is 4.78. The van der Waals surface area contributed by atoms with E-state index < -0.39 is 10.0 Å². The van der Waals surface area contributed by atoms with Gasteiger partial charge in [0.25, 0.3) is 10.0 Å². The molecule has 1 aliphatic carbocycles. The fraction of sp³-hybridized carbons (Fsp3) is 0.412. The number of hydrogen-bond donors (Lipinski definition) is 0. The third kappa shape index (κ3) is 2.97. The molecule has 26 heavy (non-hydrogen) atoms. The molecule has 0 radical (unpaired) electrons. The first kappa shape index (κ1) is 17.0. The summed E-state index contributed by atoms with van der Waals surface area (Å²) < 4.78 is 36.6. The number of imidazole rings is 1. The number of aromatic nitrogens is 4. The number of hydrogen-bond acceptors (Lipinski definition) is 5. The van der Waals surface area contributed by atoms with Gasteiger partial charge in [-0.25, -0.2) is 13.4 Å². The van der Waals surface area contributed by atoms with Crippen LogP contribution in [0.3, 0.4) is 0 Å². The first-order chi connectivity index (χ1) is 12.4. The molecule has 4 rings (SSSR count). The molecule has 0 saturated heterocycles. The molecular weight excluding hydrogens is 354 g/mol. The summed E-state index contributed by atoms with van der Waals surface area (Å²) in [6.07, 6.45) is 7.54. The highest BCUT2D eigenvalue weighted by atomic mass is 32.2. The van der Waals surface area contributed by atoms with Gasteiger partial charge in [0.05, 0.1) is 31.4 Å². The molecule has 138 valence electrons. The smallest absolute Gasteiger partial charge is 0.262 e. The Labute approximate surface area is 152 Å². The summed E-state index contributed by atoms with van der Waals surface area (Å²) in [4.78, 5) is 4.03. The summed E-state index contributed by atoms with van der Waals surface area (Å²) in [5.41, 5.74) is 3.19. The molecule has 0 fully saturated rings. The van der Waals surface area contributed by atoms with Gasteiger partial charge in [-0.2, -0.15) is 9.40 Å². The molecule has 9 heteroatoms. The molecule has 0 bridgehead atoms. The molecule has 0 amide bonds. The fourth-order valence-electron chi connectivity index (χ4n) is 3.45. The molecule has 0 unspecified atom stereocenters. The number of rotatable bonds is 6. The number of nitrogens with zero attached hydrogens (tertiary/aromatic N) is 5. The average Bonchev–Trinajstić information content (AvgIpc) is 3.35. The number of aryl methyl sites for hydroxylation is 2. The maximum atomic E-state index is 13.2. The molecule has 1 aliphatic rings. The molecule has 0 N–H and O–H groups in total. The molecule has 0 aliphatic heterocycles. The zero-order chi connectivity index (χ0) is 18.3. The van der Waals surface area contributed by atoms with Crippen LogP contribution >= 0.6 is 0 Å². The van der Waals surface area contributed by atoms with Crippen molar-refractivity contribution in [3.63, 3.8) is 0 Å². The van der Waals surface area contributed by atoms with Crippen LogP contribution in [-0.2, 0) is 50.0 Å². The predicted octanol–water partition coefficient (Wildman–Crippen LogP) is 1.63. The second-order valence-corrected chi connectivity index (χ2v) is 8.46. The van der Waals surface area contributed by atoms with Crippen molar-refractivity contribution in [2.75, 3.05) is 0 Å². The Bertz CT molecular complexity index is 1020. The van der Waals surface area contributed by atoms with Gasteiger partial charge >= 0.3 is 0 Å². The zero-order valence-electron chi connectivity index (χ0n) is 14.8. The van der Waals surface area contributed by atoms with Crippen LogP contribution in [0.5, 0.6) is 0 Å². The second kappa shape index (κ2) is 6.40. The summed E-state index contributed by atoms with van der Waals surface area (Å²) in [5, 5.41) is 4.60. The monoisotopic (exact) mass is 375 g/mol. The molecular formula is C17H21N5O3S. The highest BCUT2D eigenvalue weighted by molar-refractivity contribution is 7.89. The molecule has 3 aromatic rings. The average molecular weight is 375 g/mol. The second-order valence-electron chi connectivity index (χ2n) is 6.58. The van der Waals surface area contributed by atoms with Crippen LogP contribution in [0.2, 0.25) is 0 Å². The third-order valence-corrected chi connectivity index (χ3v) is 6.40. The topological polar surface area (TPSA) is 86.2 Å². The Morgan fingerprint density at radius 1 is 1.27 bits per heavy atom.